The quantitative estimate of drug-likeness (QED) is 0.731. The van der Waals surface area contributed by atoms with Crippen molar-refractivity contribution in [1.82, 2.24) is 20.3 Å². The van der Waals surface area contributed by atoms with Gasteiger partial charge in [-0.2, -0.15) is 0 Å². The maximum Gasteiger partial charge on any atom is 0.358 e. The zero-order valence-electron chi connectivity index (χ0n) is 12.0. The highest BCUT2D eigenvalue weighted by atomic mass is 16.4. The van der Waals surface area contributed by atoms with Crippen molar-refractivity contribution in [1.29, 1.82) is 0 Å². The first kappa shape index (κ1) is 14.9. The van der Waals surface area contributed by atoms with E-state index in [-0.39, 0.29) is 18.2 Å². The Morgan fingerprint density at radius 1 is 1.50 bits per heavy atom. The van der Waals surface area contributed by atoms with Gasteiger partial charge in [-0.1, -0.05) is 12.1 Å². The molecule has 1 fully saturated rings. The van der Waals surface area contributed by atoms with Crippen LogP contribution in [0.2, 0.25) is 0 Å². The Morgan fingerprint density at radius 3 is 2.70 bits per heavy atom. The van der Waals surface area contributed by atoms with E-state index >= 15 is 0 Å². The van der Waals surface area contributed by atoms with Gasteiger partial charge in [-0.3, -0.25) is 0 Å². The summed E-state index contributed by atoms with van der Waals surface area (Å²) in [6, 6.07) is 0. The van der Waals surface area contributed by atoms with Gasteiger partial charge in [-0.15, -0.1) is 5.10 Å². The first-order chi connectivity index (χ1) is 9.44. The summed E-state index contributed by atoms with van der Waals surface area (Å²) >= 11 is 0. The van der Waals surface area contributed by atoms with E-state index in [1.165, 1.54) is 0 Å². The van der Waals surface area contributed by atoms with Gasteiger partial charge in [0.15, 0.2) is 5.69 Å². The lowest BCUT2D eigenvalue weighted by molar-refractivity contribution is 0.0325. The van der Waals surface area contributed by atoms with Crippen molar-refractivity contribution in [3.05, 3.63) is 11.4 Å². The van der Waals surface area contributed by atoms with Crippen LogP contribution in [-0.4, -0.2) is 49.9 Å². The number of rotatable bonds is 5. The van der Waals surface area contributed by atoms with Crippen LogP contribution < -0.4 is 5.32 Å². The molecule has 1 saturated heterocycles. The van der Waals surface area contributed by atoms with Crippen LogP contribution in [0.1, 0.15) is 55.2 Å². The van der Waals surface area contributed by atoms with E-state index in [0.717, 1.165) is 25.9 Å². The first-order valence-electron chi connectivity index (χ1n) is 7.04. The molecule has 0 saturated carbocycles. The molecule has 0 amide bonds. The Morgan fingerprint density at radius 2 is 2.15 bits per heavy atom. The maximum atomic E-state index is 11.3. The van der Waals surface area contributed by atoms with Crippen LogP contribution in [0, 0.1) is 0 Å². The number of carboxylic acids is 1. The van der Waals surface area contributed by atoms with E-state index in [1.807, 2.05) is 6.92 Å². The van der Waals surface area contributed by atoms with Gasteiger partial charge in [0.25, 0.3) is 0 Å². The summed E-state index contributed by atoms with van der Waals surface area (Å²) in [6.45, 7) is 5.60. The molecule has 1 unspecified atom stereocenters. The Bertz CT molecular complexity index is 478. The fourth-order valence-electron chi connectivity index (χ4n) is 2.52. The molecule has 1 aliphatic rings. The van der Waals surface area contributed by atoms with E-state index in [1.54, 1.807) is 11.6 Å². The third kappa shape index (κ3) is 3.16. The predicted octanol–water partition coefficient (Wildman–Crippen LogP) is 0.604. The number of nitrogens with one attached hydrogen (secondary N) is 1. The molecule has 1 atom stereocenters. The lowest BCUT2D eigenvalue weighted by Gasteiger charge is -2.26. The number of carboxylic acid groups (broad SMARTS) is 1. The Kier molecular flexibility index (Phi) is 4.39. The second-order valence-corrected chi connectivity index (χ2v) is 5.66. The number of aliphatic hydroxyl groups is 1. The van der Waals surface area contributed by atoms with E-state index < -0.39 is 11.6 Å². The van der Waals surface area contributed by atoms with Crippen LogP contribution in [0.25, 0.3) is 0 Å². The molecule has 1 aliphatic heterocycles. The third-order valence-electron chi connectivity index (χ3n) is 3.95. The molecule has 3 N–H and O–H groups in total. The average Bonchev–Trinajstić information content (AvgIpc) is 2.83. The SMILES string of the molecule is CCC(C)(O)Cn1nnc(C(=O)O)c1C1CCNCC1. The van der Waals surface area contributed by atoms with Crippen LogP contribution in [0.4, 0.5) is 0 Å². The number of aromatic carboxylic acids is 1. The number of hydrogen-bond donors (Lipinski definition) is 3. The average molecular weight is 282 g/mol. The second kappa shape index (κ2) is 5.88. The fourth-order valence-corrected chi connectivity index (χ4v) is 2.52. The van der Waals surface area contributed by atoms with E-state index in [2.05, 4.69) is 15.6 Å². The van der Waals surface area contributed by atoms with Gasteiger partial charge in [0, 0.05) is 5.92 Å². The summed E-state index contributed by atoms with van der Waals surface area (Å²) < 4.78 is 1.57. The van der Waals surface area contributed by atoms with Gasteiger partial charge in [-0.25, -0.2) is 9.48 Å². The monoisotopic (exact) mass is 282 g/mol. The molecule has 0 spiro atoms. The molecule has 2 heterocycles. The molecular formula is C13H22N4O3. The van der Waals surface area contributed by atoms with Crippen LogP contribution in [-0.2, 0) is 6.54 Å². The van der Waals surface area contributed by atoms with Gasteiger partial charge in [-0.05, 0) is 39.3 Å². The first-order valence-corrected chi connectivity index (χ1v) is 7.04. The second-order valence-electron chi connectivity index (χ2n) is 5.66. The lowest BCUT2D eigenvalue weighted by Crippen LogP contribution is -2.33. The number of carbonyl (C=O) groups is 1. The Labute approximate surface area is 118 Å². The summed E-state index contributed by atoms with van der Waals surface area (Å²) in [5.41, 5.74) is -0.248. The minimum absolute atomic E-state index is 0.0174. The molecule has 7 heteroatoms. The number of nitrogens with zero attached hydrogens (tertiary/aromatic N) is 3. The fraction of sp³-hybridized carbons (Fsp3) is 0.769. The Balaban J connectivity index is 2.34. The highest BCUT2D eigenvalue weighted by Gasteiger charge is 2.30. The number of aromatic nitrogens is 3. The molecule has 1 aromatic rings. The van der Waals surface area contributed by atoms with Gasteiger partial charge in [0.1, 0.15) is 0 Å². The molecule has 0 radical (unpaired) electrons. The van der Waals surface area contributed by atoms with Gasteiger partial charge < -0.3 is 15.5 Å². The van der Waals surface area contributed by atoms with Crippen molar-refractivity contribution in [3.8, 4) is 0 Å². The van der Waals surface area contributed by atoms with Gasteiger partial charge in [0.2, 0.25) is 0 Å². The van der Waals surface area contributed by atoms with Crippen LogP contribution in [0.5, 0.6) is 0 Å². The molecular weight excluding hydrogens is 260 g/mol. The summed E-state index contributed by atoms with van der Waals surface area (Å²) in [6.07, 6.45) is 2.30. The summed E-state index contributed by atoms with van der Waals surface area (Å²) in [7, 11) is 0. The zero-order chi connectivity index (χ0) is 14.8. The standard InChI is InChI=1S/C13H22N4O3/c1-3-13(2,20)8-17-11(9-4-6-14-7-5-9)10(12(18)19)15-16-17/h9,14,20H,3-8H2,1-2H3,(H,18,19). The predicted molar refractivity (Wildman–Crippen MR) is 72.7 cm³/mol. The minimum atomic E-state index is -1.05. The van der Waals surface area contributed by atoms with Crippen molar-refractivity contribution in [2.24, 2.45) is 0 Å². The molecule has 0 aliphatic carbocycles. The topological polar surface area (TPSA) is 100 Å². The minimum Gasteiger partial charge on any atom is -0.476 e. The zero-order valence-corrected chi connectivity index (χ0v) is 12.0. The maximum absolute atomic E-state index is 11.3. The van der Waals surface area contributed by atoms with Crippen molar-refractivity contribution in [2.45, 2.75) is 51.2 Å². The van der Waals surface area contributed by atoms with E-state index in [4.69, 9.17) is 0 Å². The van der Waals surface area contributed by atoms with Crippen molar-refractivity contribution in [3.63, 3.8) is 0 Å². The molecule has 7 nitrogen and oxygen atoms in total. The van der Waals surface area contributed by atoms with Crippen LogP contribution >= 0.6 is 0 Å². The Hall–Kier alpha value is -1.47. The molecule has 1 aromatic heterocycles. The third-order valence-corrected chi connectivity index (χ3v) is 3.95. The number of piperidine rings is 1. The largest absolute Gasteiger partial charge is 0.476 e. The van der Waals surface area contributed by atoms with E-state index in [0.29, 0.717) is 12.1 Å². The lowest BCUT2D eigenvalue weighted by atomic mass is 9.92. The summed E-state index contributed by atoms with van der Waals surface area (Å²) in [5, 5.41) is 30.5. The van der Waals surface area contributed by atoms with Crippen molar-refractivity contribution in [2.75, 3.05) is 13.1 Å². The molecule has 20 heavy (non-hydrogen) atoms. The normalized spacial score (nSPS) is 19.8. The van der Waals surface area contributed by atoms with Gasteiger partial charge >= 0.3 is 5.97 Å². The highest BCUT2D eigenvalue weighted by molar-refractivity contribution is 5.86. The van der Waals surface area contributed by atoms with Crippen molar-refractivity contribution < 1.29 is 15.0 Å². The highest BCUT2D eigenvalue weighted by Crippen LogP contribution is 2.28. The molecule has 2 rings (SSSR count). The number of hydrogen-bond acceptors (Lipinski definition) is 5. The van der Waals surface area contributed by atoms with Gasteiger partial charge in [0.05, 0.1) is 17.8 Å². The molecule has 0 aromatic carbocycles. The summed E-state index contributed by atoms with van der Waals surface area (Å²) in [4.78, 5) is 11.3. The van der Waals surface area contributed by atoms with Crippen molar-refractivity contribution >= 4 is 5.97 Å². The smallest absolute Gasteiger partial charge is 0.358 e. The summed E-state index contributed by atoms with van der Waals surface area (Å²) in [5.74, 6) is -0.925. The van der Waals surface area contributed by atoms with Crippen LogP contribution in [0.15, 0.2) is 0 Å². The van der Waals surface area contributed by atoms with E-state index in [9.17, 15) is 15.0 Å². The molecule has 0 bridgehead atoms. The molecule has 112 valence electrons. The van der Waals surface area contributed by atoms with Crippen LogP contribution in [0.3, 0.4) is 0 Å².